The summed E-state index contributed by atoms with van der Waals surface area (Å²) in [6, 6.07) is 8.43. The normalized spacial score (nSPS) is 17.3. The van der Waals surface area contributed by atoms with Crippen molar-refractivity contribution in [3.05, 3.63) is 74.0 Å². The van der Waals surface area contributed by atoms with E-state index in [0.717, 1.165) is 23.1 Å². The van der Waals surface area contributed by atoms with Crippen LogP contribution in [0, 0.1) is 10.1 Å². The van der Waals surface area contributed by atoms with Crippen molar-refractivity contribution >= 4 is 67.6 Å². The number of hydrogen-bond acceptors (Lipinski definition) is 7. The number of hydrogen-bond donors (Lipinski definition) is 0. The third-order valence-corrected chi connectivity index (χ3v) is 7.69. The van der Waals surface area contributed by atoms with Gasteiger partial charge in [0.05, 0.1) is 14.2 Å². The fraction of sp³-hybridized carbons (Fsp3) is 0.0588. The van der Waals surface area contributed by atoms with E-state index in [1.54, 1.807) is 0 Å². The Morgan fingerprint density at radius 2 is 1.93 bits per heavy atom. The predicted molar refractivity (Wildman–Crippen MR) is 115 cm³/mol. The Balaban J connectivity index is 1.95. The minimum atomic E-state index is -4.04. The summed E-state index contributed by atoms with van der Waals surface area (Å²) in [5.41, 5.74) is 0.480. The summed E-state index contributed by atoms with van der Waals surface area (Å²) in [4.78, 5) is 24.4. The van der Waals surface area contributed by atoms with Gasteiger partial charge in [-0.2, -0.15) is 8.42 Å². The van der Waals surface area contributed by atoms with Gasteiger partial charge in [-0.15, -0.1) is 22.3 Å². The van der Waals surface area contributed by atoms with E-state index in [-0.39, 0.29) is 26.5 Å². The van der Waals surface area contributed by atoms with Gasteiger partial charge in [0, 0.05) is 18.7 Å². The summed E-state index contributed by atoms with van der Waals surface area (Å²) in [7, 11) is -4.04. The van der Waals surface area contributed by atoms with Crippen molar-refractivity contribution in [2.45, 2.75) is 4.21 Å². The molecule has 2 aromatic rings. The first-order valence-electron chi connectivity index (χ1n) is 7.88. The van der Waals surface area contributed by atoms with Crippen molar-refractivity contribution in [3.8, 4) is 0 Å². The summed E-state index contributed by atoms with van der Waals surface area (Å²) >= 11 is 7.57. The largest absolute Gasteiger partial charge is 0.294 e. The molecule has 2 heterocycles. The van der Waals surface area contributed by atoms with Crippen LogP contribution in [0.15, 0.2) is 62.6 Å². The van der Waals surface area contributed by atoms with Crippen LogP contribution in [0.3, 0.4) is 0 Å². The van der Waals surface area contributed by atoms with E-state index in [1.165, 1.54) is 53.5 Å². The van der Waals surface area contributed by atoms with Crippen molar-refractivity contribution in [2.75, 3.05) is 6.54 Å². The zero-order valence-corrected chi connectivity index (χ0v) is 17.7. The highest BCUT2D eigenvalue weighted by Crippen LogP contribution is 2.35. The molecule has 3 rings (SSSR count). The van der Waals surface area contributed by atoms with Crippen LogP contribution in [0.2, 0.25) is 4.34 Å². The SMILES string of the molecule is C=CCN1C(=O)C(=Cc2ccc([N+](=O)[O-])cc2)SC1=NS(=O)(=O)c1ccc(Cl)s1. The van der Waals surface area contributed by atoms with Crippen molar-refractivity contribution in [3.63, 3.8) is 0 Å². The first kappa shape index (κ1) is 21.2. The summed E-state index contributed by atoms with van der Waals surface area (Å²) < 4.78 is 29.1. The molecule has 1 aromatic carbocycles. The highest BCUT2D eigenvalue weighted by molar-refractivity contribution is 8.19. The van der Waals surface area contributed by atoms with Crippen molar-refractivity contribution < 1.29 is 18.1 Å². The minimum Gasteiger partial charge on any atom is -0.282 e. The first-order valence-corrected chi connectivity index (χ1v) is 11.3. The molecule has 29 heavy (non-hydrogen) atoms. The molecule has 0 unspecified atom stereocenters. The maximum absolute atomic E-state index is 12.7. The number of nitro benzene ring substituents is 1. The molecule has 0 radical (unpaired) electrons. The highest BCUT2D eigenvalue weighted by atomic mass is 35.5. The predicted octanol–water partition coefficient (Wildman–Crippen LogP) is 4.16. The van der Waals surface area contributed by atoms with Crippen LogP contribution in [-0.2, 0) is 14.8 Å². The number of halogens is 1. The van der Waals surface area contributed by atoms with Gasteiger partial charge < -0.3 is 0 Å². The van der Waals surface area contributed by atoms with E-state index in [2.05, 4.69) is 11.0 Å². The second-order valence-corrected chi connectivity index (χ2v) is 10.1. The first-order chi connectivity index (χ1) is 13.7. The molecule has 1 amide bonds. The number of carbonyl (C=O) groups is 1. The molecule has 150 valence electrons. The van der Waals surface area contributed by atoms with Gasteiger partial charge in [0.1, 0.15) is 4.21 Å². The average Bonchev–Trinajstić information content (AvgIpc) is 3.22. The molecule has 0 spiro atoms. The molecule has 0 atom stereocenters. The van der Waals surface area contributed by atoms with Crippen LogP contribution < -0.4 is 0 Å². The molecule has 8 nitrogen and oxygen atoms in total. The van der Waals surface area contributed by atoms with Gasteiger partial charge >= 0.3 is 0 Å². The van der Waals surface area contributed by atoms with Gasteiger partial charge in [0.2, 0.25) is 0 Å². The number of thioether (sulfide) groups is 1. The number of nitro groups is 1. The Kier molecular flexibility index (Phi) is 6.22. The third-order valence-electron chi connectivity index (χ3n) is 3.60. The molecule has 1 aromatic heterocycles. The lowest BCUT2D eigenvalue weighted by Crippen LogP contribution is -2.29. The smallest absolute Gasteiger partial charge is 0.282 e. The zero-order chi connectivity index (χ0) is 21.2. The van der Waals surface area contributed by atoms with Gasteiger partial charge in [-0.1, -0.05) is 17.7 Å². The average molecular weight is 470 g/mol. The van der Waals surface area contributed by atoms with Crippen molar-refractivity contribution in [1.29, 1.82) is 0 Å². The number of thiophene rings is 1. The van der Waals surface area contributed by atoms with E-state index < -0.39 is 20.9 Å². The quantitative estimate of drug-likeness (QED) is 0.272. The van der Waals surface area contributed by atoms with Crippen LogP contribution in [0.1, 0.15) is 5.56 Å². The summed E-state index contributed by atoms with van der Waals surface area (Å²) in [5, 5.41) is 10.7. The van der Waals surface area contributed by atoms with Gasteiger partial charge in [0.15, 0.2) is 5.17 Å². The van der Waals surface area contributed by atoms with Gasteiger partial charge in [0.25, 0.3) is 21.6 Å². The monoisotopic (exact) mass is 469 g/mol. The Bertz CT molecular complexity index is 1150. The second kappa shape index (κ2) is 8.49. The lowest BCUT2D eigenvalue weighted by atomic mass is 10.2. The van der Waals surface area contributed by atoms with Crippen LogP contribution in [0.4, 0.5) is 5.69 Å². The molecule has 1 aliphatic heterocycles. The van der Waals surface area contributed by atoms with Crippen molar-refractivity contribution in [1.82, 2.24) is 4.90 Å². The standard InChI is InChI=1S/C17H12ClN3O5S3/c1-2-9-20-16(22)13(10-11-3-5-12(6-4-11)21(23)24)27-17(20)19-29(25,26)15-8-7-14(18)28-15/h2-8,10H,1,9H2. The Labute approximate surface area is 179 Å². The molecule has 1 fully saturated rings. The summed E-state index contributed by atoms with van der Waals surface area (Å²) in [5.74, 6) is -0.439. The second-order valence-electron chi connectivity index (χ2n) is 5.57. The number of sulfonamides is 1. The number of nitrogens with zero attached hydrogens (tertiary/aromatic N) is 3. The lowest BCUT2D eigenvalue weighted by molar-refractivity contribution is -0.384. The number of non-ortho nitro benzene ring substituents is 1. The molecule has 12 heteroatoms. The van der Waals surface area contributed by atoms with Gasteiger partial charge in [-0.3, -0.25) is 19.8 Å². The van der Waals surface area contributed by atoms with Gasteiger partial charge in [-0.05, 0) is 47.7 Å². The van der Waals surface area contributed by atoms with E-state index >= 15 is 0 Å². The van der Waals surface area contributed by atoms with E-state index in [9.17, 15) is 23.3 Å². The fourth-order valence-corrected chi connectivity index (χ4v) is 5.94. The number of benzene rings is 1. The van der Waals surface area contributed by atoms with E-state index in [0.29, 0.717) is 9.90 Å². The highest BCUT2D eigenvalue weighted by Gasteiger charge is 2.34. The minimum absolute atomic E-state index is 0.00687. The molecule has 0 bridgehead atoms. The lowest BCUT2D eigenvalue weighted by Gasteiger charge is -2.12. The van der Waals surface area contributed by atoms with Crippen LogP contribution in [-0.4, -0.2) is 35.9 Å². The molecular weight excluding hydrogens is 458 g/mol. The molecule has 0 N–H and O–H groups in total. The number of carbonyl (C=O) groups excluding carboxylic acids is 1. The molecule has 1 aliphatic rings. The van der Waals surface area contributed by atoms with Gasteiger partial charge in [-0.25, -0.2) is 0 Å². The topological polar surface area (TPSA) is 110 Å². The van der Waals surface area contributed by atoms with E-state index in [4.69, 9.17) is 11.6 Å². The number of rotatable bonds is 6. The van der Waals surface area contributed by atoms with E-state index in [1.807, 2.05) is 0 Å². The number of amides is 1. The maximum Gasteiger partial charge on any atom is 0.294 e. The third kappa shape index (κ3) is 4.75. The zero-order valence-electron chi connectivity index (χ0n) is 14.5. The van der Waals surface area contributed by atoms with Crippen LogP contribution in [0.5, 0.6) is 0 Å². The summed E-state index contributed by atoms with van der Waals surface area (Å²) in [6.07, 6.45) is 2.97. The van der Waals surface area contributed by atoms with Crippen molar-refractivity contribution in [2.24, 2.45) is 4.40 Å². The van der Waals surface area contributed by atoms with Crippen LogP contribution >= 0.6 is 34.7 Å². The Morgan fingerprint density at radius 1 is 1.24 bits per heavy atom. The molecule has 1 saturated heterocycles. The summed E-state index contributed by atoms with van der Waals surface area (Å²) in [6.45, 7) is 3.65. The molecule has 0 aliphatic carbocycles. The Hall–Kier alpha value is -2.47. The Morgan fingerprint density at radius 3 is 2.48 bits per heavy atom. The number of amidine groups is 1. The molecular formula is C17H12ClN3O5S3. The molecule has 0 saturated carbocycles. The fourth-order valence-electron chi connectivity index (χ4n) is 2.29. The maximum atomic E-state index is 12.7. The van der Waals surface area contributed by atoms with Crippen LogP contribution in [0.25, 0.3) is 6.08 Å².